The minimum Gasteiger partial charge on any atom is -0.338 e. The van der Waals surface area contributed by atoms with Crippen LogP contribution in [0, 0.1) is 12.8 Å². The lowest BCUT2D eigenvalue weighted by Crippen LogP contribution is -2.40. The SMILES string of the molecule is Cc1ccc(C(=O)N2CCC(Cn3nc(-n4cncn4)ccc3=O)CC2)s1. The second-order valence-electron chi connectivity index (χ2n) is 6.70. The maximum Gasteiger partial charge on any atom is 0.266 e. The van der Waals surface area contributed by atoms with E-state index in [1.165, 1.54) is 33.1 Å². The molecule has 1 fully saturated rings. The first-order valence-corrected chi connectivity index (χ1v) is 9.71. The van der Waals surface area contributed by atoms with Gasteiger partial charge in [-0.05, 0) is 43.9 Å². The van der Waals surface area contributed by atoms with Crippen molar-refractivity contribution in [2.45, 2.75) is 26.3 Å². The first kappa shape index (κ1) is 17.6. The van der Waals surface area contributed by atoms with Crippen LogP contribution in [0.1, 0.15) is 27.4 Å². The summed E-state index contributed by atoms with van der Waals surface area (Å²) in [5, 5.41) is 8.45. The number of nitrogens with zero attached hydrogens (tertiary/aromatic N) is 6. The van der Waals surface area contributed by atoms with E-state index in [2.05, 4.69) is 15.2 Å². The lowest BCUT2D eigenvalue weighted by Gasteiger charge is -2.31. The van der Waals surface area contributed by atoms with E-state index in [-0.39, 0.29) is 11.5 Å². The number of hydrogen-bond acceptors (Lipinski definition) is 6. The summed E-state index contributed by atoms with van der Waals surface area (Å²) in [4.78, 5) is 32.5. The fourth-order valence-corrected chi connectivity index (χ4v) is 4.12. The molecule has 1 aliphatic rings. The van der Waals surface area contributed by atoms with E-state index in [1.807, 2.05) is 24.0 Å². The van der Waals surface area contributed by atoms with Gasteiger partial charge in [-0.25, -0.2) is 14.3 Å². The minimum atomic E-state index is -0.133. The molecule has 1 aliphatic heterocycles. The third kappa shape index (κ3) is 3.82. The summed E-state index contributed by atoms with van der Waals surface area (Å²) in [7, 11) is 0. The maximum absolute atomic E-state index is 12.6. The molecule has 0 N–H and O–H groups in total. The van der Waals surface area contributed by atoms with Crippen LogP contribution in [-0.4, -0.2) is 48.4 Å². The Morgan fingerprint density at radius 2 is 2.04 bits per heavy atom. The van der Waals surface area contributed by atoms with Gasteiger partial charge in [0.1, 0.15) is 12.7 Å². The molecule has 140 valence electrons. The summed E-state index contributed by atoms with van der Waals surface area (Å²) < 4.78 is 3.02. The number of aromatic nitrogens is 5. The van der Waals surface area contributed by atoms with Crippen LogP contribution >= 0.6 is 11.3 Å². The summed E-state index contributed by atoms with van der Waals surface area (Å²) in [5.74, 6) is 0.984. The Labute approximate surface area is 160 Å². The van der Waals surface area contributed by atoms with E-state index in [0.29, 0.717) is 31.4 Å². The number of thiophene rings is 1. The van der Waals surface area contributed by atoms with E-state index >= 15 is 0 Å². The van der Waals surface area contributed by atoms with Crippen LogP contribution in [-0.2, 0) is 6.54 Å². The van der Waals surface area contributed by atoms with Crippen molar-refractivity contribution in [2.75, 3.05) is 13.1 Å². The summed E-state index contributed by atoms with van der Waals surface area (Å²) in [6.07, 6.45) is 4.70. The smallest absolute Gasteiger partial charge is 0.266 e. The average molecular weight is 384 g/mol. The highest BCUT2D eigenvalue weighted by atomic mass is 32.1. The van der Waals surface area contributed by atoms with Gasteiger partial charge in [0.2, 0.25) is 0 Å². The van der Waals surface area contributed by atoms with Gasteiger partial charge in [-0.1, -0.05) is 0 Å². The van der Waals surface area contributed by atoms with Crippen LogP contribution in [0.2, 0.25) is 0 Å². The molecule has 0 radical (unpaired) electrons. The lowest BCUT2D eigenvalue weighted by atomic mass is 9.96. The Morgan fingerprint density at radius 3 is 2.70 bits per heavy atom. The van der Waals surface area contributed by atoms with E-state index in [1.54, 1.807) is 12.4 Å². The zero-order valence-corrected chi connectivity index (χ0v) is 15.8. The fraction of sp³-hybridized carbons (Fsp3) is 0.389. The molecule has 0 atom stereocenters. The van der Waals surface area contributed by atoms with Crippen molar-refractivity contribution in [3.05, 3.63) is 57.0 Å². The van der Waals surface area contributed by atoms with E-state index < -0.39 is 0 Å². The van der Waals surface area contributed by atoms with Gasteiger partial charge in [-0.2, -0.15) is 5.10 Å². The fourth-order valence-electron chi connectivity index (χ4n) is 3.29. The average Bonchev–Trinajstić information content (AvgIpc) is 3.35. The number of carbonyl (C=O) groups is 1. The van der Waals surface area contributed by atoms with Crippen molar-refractivity contribution >= 4 is 17.2 Å². The molecule has 0 bridgehead atoms. The topological polar surface area (TPSA) is 85.9 Å². The Bertz CT molecular complexity index is 985. The first-order chi connectivity index (χ1) is 13.1. The van der Waals surface area contributed by atoms with Gasteiger partial charge >= 0.3 is 0 Å². The minimum absolute atomic E-state index is 0.107. The largest absolute Gasteiger partial charge is 0.338 e. The van der Waals surface area contributed by atoms with Crippen molar-refractivity contribution in [1.29, 1.82) is 0 Å². The normalized spacial score (nSPS) is 15.2. The zero-order chi connectivity index (χ0) is 18.8. The number of aryl methyl sites for hydroxylation is 1. The van der Waals surface area contributed by atoms with Gasteiger partial charge in [-0.3, -0.25) is 9.59 Å². The molecule has 1 saturated heterocycles. The van der Waals surface area contributed by atoms with E-state index in [9.17, 15) is 9.59 Å². The molecular weight excluding hydrogens is 364 g/mol. The molecule has 3 aromatic heterocycles. The number of piperidine rings is 1. The summed E-state index contributed by atoms with van der Waals surface area (Å²) in [5.41, 5.74) is -0.133. The summed E-state index contributed by atoms with van der Waals surface area (Å²) in [6.45, 7) is 3.96. The molecule has 0 saturated carbocycles. The molecule has 3 aromatic rings. The van der Waals surface area contributed by atoms with Gasteiger partial charge < -0.3 is 4.90 Å². The van der Waals surface area contributed by atoms with Gasteiger partial charge in [0.15, 0.2) is 5.82 Å². The third-order valence-electron chi connectivity index (χ3n) is 4.79. The summed E-state index contributed by atoms with van der Waals surface area (Å²) in [6, 6.07) is 7.01. The maximum atomic E-state index is 12.6. The monoisotopic (exact) mass is 384 g/mol. The van der Waals surface area contributed by atoms with Crippen LogP contribution < -0.4 is 5.56 Å². The molecule has 0 spiro atoms. The molecular formula is C18H20N6O2S. The standard InChI is InChI=1S/C18H20N6O2S/c1-13-2-3-15(27-13)18(26)22-8-6-14(7-9-22)10-23-17(25)5-4-16(21-23)24-12-19-11-20-24/h2-5,11-12,14H,6-10H2,1H3. The number of likely N-dealkylation sites (tertiary alicyclic amines) is 1. The Hall–Kier alpha value is -2.81. The van der Waals surface area contributed by atoms with Crippen LogP contribution in [0.4, 0.5) is 0 Å². The molecule has 9 heteroatoms. The number of rotatable bonds is 4. The summed E-state index contributed by atoms with van der Waals surface area (Å²) >= 11 is 1.54. The van der Waals surface area contributed by atoms with Crippen molar-refractivity contribution in [2.24, 2.45) is 5.92 Å². The second kappa shape index (κ2) is 7.43. The molecule has 1 amide bonds. The quantitative estimate of drug-likeness (QED) is 0.684. The number of amides is 1. The van der Waals surface area contributed by atoms with Gasteiger partial charge in [0.25, 0.3) is 11.5 Å². The van der Waals surface area contributed by atoms with Crippen molar-refractivity contribution < 1.29 is 4.79 Å². The molecule has 27 heavy (non-hydrogen) atoms. The predicted molar refractivity (Wildman–Crippen MR) is 101 cm³/mol. The second-order valence-corrected chi connectivity index (χ2v) is 7.99. The Morgan fingerprint density at radius 1 is 1.22 bits per heavy atom. The Balaban J connectivity index is 1.40. The Kier molecular flexibility index (Phi) is 4.85. The van der Waals surface area contributed by atoms with Crippen LogP contribution in [0.3, 0.4) is 0 Å². The number of carbonyl (C=O) groups excluding carboxylic acids is 1. The third-order valence-corrected chi connectivity index (χ3v) is 5.78. The van der Waals surface area contributed by atoms with Gasteiger partial charge in [-0.15, -0.1) is 16.4 Å². The zero-order valence-electron chi connectivity index (χ0n) is 15.0. The highest BCUT2D eigenvalue weighted by Gasteiger charge is 2.25. The highest BCUT2D eigenvalue weighted by Crippen LogP contribution is 2.23. The predicted octanol–water partition coefficient (Wildman–Crippen LogP) is 1.75. The number of hydrogen-bond donors (Lipinski definition) is 0. The molecule has 0 aromatic carbocycles. The highest BCUT2D eigenvalue weighted by molar-refractivity contribution is 7.13. The lowest BCUT2D eigenvalue weighted by molar-refractivity contribution is 0.0685. The van der Waals surface area contributed by atoms with Gasteiger partial charge in [0, 0.05) is 30.6 Å². The molecule has 4 heterocycles. The van der Waals surface area contributed by atoms with Crippen LogP contribution in [0.25, 0.3) is 5.82 Å². The first-order valence-electron chi connectivity index (χ1n) is 8.89. The molecule has 0 aliphatic carbocycles. The van der Waals surface area contributed by atoms with E-state index in [0.717, 1.165) is 22.6 Å². The van der Waals surface area contributed by atoms with E-state index in [4.69, 9.17) is 0 Å². The van der Waals surface area contributed by atoms with Crippen LogP contribution in [0.5, 0.6) is 0 Å². The van der Waals surface area contributed by atoms with Crippen molar-refractivity contribution in [3.8, 4) is 5.82 Å². The molecule has 8 nitrogen and oxygen atoms in total. The molecule has 0 unspecified atom stereocenters. The van der Waals surface area contributed by atoms with Crippen LogP contribution in [0.15, 0.2) is 41.7 Å². The van der Waals surface area contributed by atoms with Crippen molar-refractivity contribution in [3.63, 3.8) is 0 Å². The van der Waals surface area contributed by atoms with Gasteiger partial charge in [0.05, 0.1) is 4.88 Å². The van der Waals surface area contributed by atoms with Crippen molar-refractivity contribution in [1.82, 2.24) is 29.4 Å². The molecule has 4 rings (SSSR count).